The van der Waals surface area contributed by atoms with E-state index in [0.29, 0.717) is 24.2 Å². The predicted octanol–water partition coefficient (Wildman–Crippen LogP) is 6.09. The molecule has 4 atom stereocenters. The Morgan fingerprint density at radius 2 is 1.88 bits per heavy atom. The lowest BCUT2D eigenvalue weighted by Crippen LogP contribution is -2.38. The van der Waals surface area contributed by atoms with Crippen LogP contribution in [0.5, 0.6) is 5.75 Å². The molecule has 4 rings (SSSR count). The van der Waals surface area contributed by atoms with Crippen LogP contribution in [0, 0.1) is 17.8 Å². The summed E-state index contributed by atoms with van der Waals surface area (Å²) in [5.41, 5.74) is 2.82. The number of esters is 1. The maximum Gasteiger partial charge on any atom is 0.329 e. The van der Waals surface area contributed by atoms with Crippen LogP contribution in [0.4, 0.5) is 0 Å². The highest BCUT2D eigenvalue weighted by molar-refractivity contribution is 5.81. The summed E-state index contributed by atoms with van der Waals surface area (Å²) in [5.74, 6) is 2.35. The number of rotatable bonds is 7. The van der Waals surface area contributed by atoms with Gasteiger partial charge in [0.25, 0.3) is 0 Å². The van der Waals surface area contributed by atoms with Gasteiger partial charge >= 0.3 is 5.97 Å². The Kier molecular flexibility index (Phi) is 7.06. The van der Waals surface area contributed by atoms with Gasteiger partial charge in [-0.15, -0.1) is 0 Å². The number of hydrogen-bond acceptors (Lipinski definition) is 4. The number of benzene rings is 2. The van der Waals surface area contributed by atoms with Crippen molar-refractivity contribution in [1.82, 2.24) is 9.55 Å². The van der Waals surface area contributed by atoms with E-state index in [1.165, 1.54) is 6.42 Å². The number of ether oxygens (including phenoxy) is 1. The molecular formula is C28H36N2O3. The van der Waals surface area contributed by atoms with Gasteiger partial charge in [-0.25, -0.2) is 9.78 Å². The second-order valence-electron chi connectivity index (χ2n) is 9.93. The van der Waals surface area contributed by atoms with Gasteiger partial charge in [0, 0.05) is 12.8 Å². The van der Waals surface area contributed by atoms with Gasteiger partial charge in [-0.3, -0.25) is 0 Å². The first-order valence-electron chi connectivity index (χ1n) is 12.3. The molecule has 3 aromatic rings. The molecule has 1 aromatic heterocycles. The van der Waals surface area contributed by atoms with Gasteiger partial charge in [0.15, 0.2) is 0 Å². The summed E-state index contributed by atoms with van der Waals surface area (Å²) in [6.45, 7) is 8.78. The Balaban J connectivity index is 1.71. The quantitative estimate of drug-likeness (QED) is 0.444. The van der Waals surface area contributed by atoms with Crippen molar-refractivity contribution >= 4 is 17.0 Å². The molecule has 5 heteroatoms. The van der Waals surface area contributed by atoms with Crippen molar-refractivity contribution in [3.8, 4) is 5.75 Å². The number of para-hydroxylation sites is 2. The Labute approximate surface area is 196 Å². The summed E-state index contributed by atoms with van der Waals surface area (Å²) in [7, 11) is 0. The normalized spacial score (nSPS) is 21.9. The summed E-state index contributed by atoms with van der Waals surface area (Å²) in [4.78, 5) is 18.7. The highest BCUT2D eigenvalue weighted by atomic mass is 16.5. The molecule has 176 valence electrons. The largest absolute Gasteiger partial charge is 0.508 e. The zero-order chi connectivity index (χ0) is 23.5. The van der Waals surface area contributed by atoms with Crippen LogP contribution in [0.15, 0.2) is 48.5 Å². The number of nitrogens with zero attached hydrogens (tertiary/aromatic N) is 2. The number of hydrogen-bond donors (Lipinski definition) is 1. The number of aryl methyl sites for hydroxylation is 1. The summed E-state index contributed by atoms with van der Waals surface area (Å²) >= 11 is 0. The number of fused-ring (bicyclic) bond motifs is 1. The third-order valence-electron chi connectivity index (χ3n) is 7.16. The SMILES string of the molecule is CCc1nc2ccccc2n1C(Cc1ccc(O)cc1)C(=O)O[C@@H]1C[C@H](C)CCC1C(C)C. The fraction of sp³-hybridized carbons (Fsp3) is 0.500. The highest BCUT2D eigenvalue weighted by Gasteiger charge is 2.36. The molecule has 2 unspecified atom stereocenters. The Bertz CT molecular complexity index is 1090. The molecule has 1 N–H and O–H groups in total. The van der Waals surface area contributed by atoms with Crippen LogP contribution < -0.4 is 0 Å². The summed E-state index contributed by atoms with van der Waals surface area (Å²) in [6.07, 6.45) is 4.38. The smallest absolute Gasteiger partial charge is 0.329 e. The molecule has 2 aromatic carbocycles. The van der Waals surface area contributed by atoms with Gasteiger partial charge in [-0.2, -0.15) is 0 Å². The van der Waals surface area contributed by atoms with E-state index in [1.807, 2.05) is 36.4 Å². The Hall–Kier alpha value is -2.82. The molecule has 1 aliphatic rings. The molecule has 0 spiro atoms. The number of aromatic nitrogens is 2. The number of aromatic hydroxyl groups is 1. The molecule has 5 nitrogen and oxygen atoms in total. The fourth-order valence-corrected chi connectivity index (χ4v) is 5.30. The first-order chi connectivity index (χ1) is 15.9. The standard InChI is InChI=1S/C28H36N2O3/c1-5-27-29-23-8-6-7-9-24(23)30(27)25(17-20-11-13-21(31)14-12-20)28(32)33-26-16-19(4)10-15-22(26)18(2)3/h6-9,11-14,18-19,22,25-26,31H,5,10,15-17H2,1-4H3/t19-,22?,25?,26-/m1/s1. The molecule has 1 heterocycles. The molecule has 1 fully saturated rings. The average Bonchev–Trinajstić information content (AvgIpc) is 3.17. The van der Waals surface area contributed by atoms with Crippen molar-refractivity contribution < 1.29 is 14.6 Å². The number of carbonyl (C=O) groups excluding carboxylic acids is 1. The van der Waals surface area contributed by atoms with Crippen LogP contribution in [0.25, 0.3) is 11.0 Å². The predicted molar refractivity (Wildman–Crippen MR) is 131 cm³/mol. The van der Waals surface area contributed by atoms with Gasteiger partial charge in [-0.1, -0.05) is 58.4 Å². The molecule has 1 saturated carbocycles. The Morgan fingerprint density at radius 1 is 1.15 bits per heavy atom. The molecule has 0 aliphatic heterocycles. The molecule has 0 amide bonds. The van der Waals surface area contributed by atoms with Crippen LogP contribution in [-0.2, 0) is 22.4 Å². The van der Waals surface area contributed by atoms with Crippen molar-refractivity contribution in [2.75, 3.05) is 0 Å². The average molecular weight is 449 g/mol. The van der Waals surface area contributed by atoms with Crippen molar-refractivity contribution in [3.05, 3.63) is 59.9 Å². The van der Waals surface area contributed by atoms with Crippen LogP contribution in [-0.4, -0.2) is 26.7 Å². The van der Waals surface area contributed by atoms with Crippen LogP contribution in [0.1, 0.15) is 64.4 Å². The monoisotopic (exact) mass is 448 g/mol. The number of carbonyl (C=O) groups is 1. The van der Waals surface area contributed by atoms with Gasteiger partial charge in [0.05, 0.1) is 11.0 Å². The minimum atomic E-state index is -0.512. The van der Waals surface area contributed by atoms with Gasteiger partial charge < -0.3 is 14.4 Å². The fourth-order valence-electron chi connectivity index (χ4n) is 5.30. The second kappa shape index (κ2) is 9.98. The van der Waals surface area contributed by atoms with Crippen molar-refractivity contribution in [2.45, 2.75) is 71.9 Å². The van der Waals surface area contributed by atoms with E-state index < -0.39 is 6.04 Å². The van der Waals surface area contributed by atoms with E-state index in [0.717, 1.165) is 41.7 Å². The van der Waals surface area contributed by atoms with Crippen molar-refractivity contribution in [2.24, 2.45) is 17.8 Å². The van der Waals surface area contributed by atoms with Crippen LogP contribution >= 0.6 is 0 Å². The molecule has 33 heavy (non-hydrogen) atoms. The van der Waals surface area contributed by atoms with Gasteiger partial charge in [0.2, 0.25) is 0 Å². The van der Waals surface area contributed by atoms with Crippen molar-refractivity contribution in [1.29, 1.82) is 0 Å². The lowest BCUT2D eigenvalue weighted by Gasteiger charge is -2.37. The molecule has 0 radical (unpaired) electrons. The van der Waals surface area contributed by atoms with Crippen LogP contribution in [0.2, 0.25) is 0 Å². The van der Waals surface area contributed by atoms with E-state index in [9.17, 15) is 9.90 Å². The van der Waals surface area contributed by atoms with E-state index in [2.05, 4.69) is 32.3 Å². The third kappa shape index (κ3) is 5.07. The molecule has 0 saturated heterocycles. The summed E-state index contributed by atoms with van der Waals surface area (Å²) in [5, 5.41) is 9.72. The van der Waals surface area contributed by atoms with E-state index in [4.69, 9.17) is 9.72 Å². The first kappa shape index (κ1) is 23.3. The van der Waals surface area contributed by atoms with Crippen molar-refractivity contribution in [3.63, 3.8) is 0 Å². The lowest BCUT2D eigenvalue weighted by molar-refractivity contribution is -0.160. The van der Waals surface area contributed by atoms with Crippen LogP contribution in [0.3, 0.4) is 0 Å². The molecular weight excluding hydrogens is 412 g/mol. The van der Waals surface area contributed by atoms with E-state index in [1.54, 1.807) is 12.1 Å². The Morgan fingerprint density at radius 3 is 2.58 bits per heavy atom. The first-order valence-corrected chi connectivity index (χ1v) is 12.3. The maximum atomic E-state index is 13.8. The number of phenolic OH excluding ortho intramolecular Hbond substituents is 1. The number of phenols is 1. The molecule has 1 aliphatic carbocycles. The second-order valence-corrected chi connectivity index (χ2v) is 9.93. The lowest BCUT2D eigenvalue weighted by atomic mass is 9.75. The zero-order valence-corrected chi connectivity index (χ0v) is 20.2. The minimum absolute atomic E-state index is 0.0524. The minimum Gasteiger partial charge on any atom is -0.508 e. The van der Waals surface area contributed by atoms with Gasteiger partial charge in [-0.05, 0) is 60.4 Å². The zero-order valence-electron chi connectivity index (χ0n) is 20.2. The topological polar surface area (TPSA) is 64.3 Å². The number of imidazole rings is 1. The molecule has 0 bridgehead atoms. The maximum absolute atomic E-state index is 13.8. The highest BCUT2D eigenvalue weighted by Crippen LogP contribution is 2.36. The summed E-state index contributed by atoms with van der Waals surface area (Å²) in [6, 6.07) is 14.6. The van der Waals surface area contributed by atoms with E-state index in [-0.39, 0.29) is 17.8 Å². The van der Waals surface area contributed by atoms with Gasteiger partial charge in [0.1, 0.15) is 23.7 Å². The third-order valence-corrected chi connectivity index (χ3v) is 7.16. The van der Waals surface area contributed by atoms with E-state index >= 15 is 0 Å². The summed E-state index contributed by atoms with van der Waals surface area (Å²) < 4.78 is 8.40.